The van der Waals surface area contributed by atoms with Gasteiger partial charge in [0.25, 0.3) is 0 Å². The van der Waals surface area contributed by atoms with Crippen LogP contribution in [0, 0.1) is 20.8 Å². The van der Waals surface area contributed by atoms with E-state index < -0.39 is 10.0 Å². The number of benzene rings is 1. The molecule has 2 N–H and O–H groups in total. The van der Waals surface area contributed by atoms with Crippen molar-refractivity contribution in [3.8, 4) is 5.75 Å². The van der Waals surface area contributed by atoms with Gasteiger partial charge in [-0.25, -0.2) is 13.6 Å². The van der Waals surface area contributed by atoms with Crippen molar-refractivity contribution in [2.75, 3.05) is 0 Å². The minimum Gasteiger partial charge on any atom is -0.487 e. The van der Waals surface area contributed by atoms with Crippen LogP contribution in [0.3, 0.4) is 0 Å². The first-order valence-corrected chi connectivity index (χ1v) is 8.00. The van der Waals surface area contributed by atoms with Crippen LogP contribution < -0.4 is 9.88 Å². The first-order chi connectivity index (χ1) is 9.70. The third-order valence-electron chi connectivity index (χ3n) is 3.47. The second-order valence-electron chi connectivity index (χ2n) is 5.05. The zero-order valence-corrected chi connectivity index (χ0v) is 13.4. The first kappa shape index (κ1) is 15.5. The average Bonchev–Trinajstić information content (AvgIpc) is 2.68. The van der Waals surface area contributed by atoms with E-state index in [0.29, 0.717) is 17.9 Å². The van der Waals surface area contributed by atoms with Crippen molar-refractivity contribution < 1.29 is 13.2 Å². The lowest BCUT2D eigenvalue weighted by Gasteiger charge is -2.13. The van der Waals surface area contributed by atoms with Gasteiger partial charge in [-0.1, -0.05) is 0 Å². The quantitative estimate of drug-likeness (QED) is 0.928. The Labute approximate surface area is 124 Å². The number of aromatic nitrogens is 2. The molecule has 2 aromatic rings. The van der Waals surface area contributed by atoms with Gasteiger partial charge in [0.1, 0.15) is 12.4 Å². The van der Waals surface area contributed by atoms with Crippen LogP contribution in [-0.4, -0.2) is 18.2 Å². The van der Waals surface area contributed by atoms with E-state index in [-0.39, 0.29) is 4.90 Å². The van der Waals surface area contributed by atoms with E-state index >= 15 is 0 Å². The van der Waals surface area contributed by atoms with Crippen LogP contribution in [0.4, 0.5) is 0 Å². The molecule has 114 valence electrons. The number of primary sulfonamides is 1. The number of rotatable bonds is 4. The number of hydrogen-bond donors (Lipinski definition) is 1. The summed E-state index contributed by atoms with van der Waals surface area (Å²) in [7, 11) is -1.86. The average molecular weight is 309 g/mol. The summed E-state index contributed by atoms with van der Waals surface area (Å²) < 4.78 is 30.5. The smallest absolute Gasteiger partial charge is 0.238 e. The van der Waals surface area contributed by atoms with Gasteiger partial charge in [0.05, 0.1) is 16.3 Å². The fourth-order valence-corrected chi connectivity index (χ4v) is 3.02. The number of ether oxygens (including phenoxy) is 1. The highest BCUT2D eigenvalue weighted by atomic mass is 32.2. The maximum Gasteiger partial charge on any atom is 0.238 e. The highest BCUT2D eigenvalue weighted by molar-refractivity contribution is 7.89. The van der Waals surface area contributed by atoms with Gasteiger partial charge in [0.2, 0.25) is 10.0 Å². The predicted molar refractivity (Wildman–Crippen MR) is 79.6 cm³/mol. The lowest BCUT2D eigenvalue weighted by atomic mass is 10.1. The summed E-state index contributed by atoms with van der Waals surface area (Å²) in [6.45, 7) is 5.82. The third-order valence-corrected chi connectivity index (χ3v) is 4.52. The summed E-state index contributed by atoms with van der Waals surface area (Å²) in [5.74, 6) is 0.638. The molecule has 7 heteroatoms. The van der Waals surface area contributed by atoms with E-state index in [1.54, 1.807) is 17.7 Å². The Morgan fingerprint density at radius 3 is 2.43 bits per heavy atom. The lowest BCUT2D eigenvalue weighted by molar-refractivity contribution is 0.292. The standard InChI is InChI=1S/C14H19N3O3S/c1-9-7-12(17(4)16-9)8-20-13-5-6-14(21(15,18)19)11(3)10(13)2/h5-7H,8H2,1-4H3,(H2,15,18,19). The molecule has 0 aliphatic rings. The van der Waals surface area contributed by atoms with E-state index in [4.69, 9.17) is 9.88 Å². The summed E-state index contributed by atoms with van der Waals surface area (Å²) in [4.78, 5) is 0.128. The molecular formula is C14H19N3O3S. The minimum absolute atomic E-state index is 0.128. The Morgan fingerprint density at radius 2 is 1.90 bits per heavy atom. The molecular weight excluding hydrogens is 290 g/mol. The van der Waals surface area contributed by atoms with Gasteiger partial charge in [-0.05, 0) is 50.1 Å². The van der Waals surface area contributed by atoms with Crippen molar-refractivity contribution in [1.82, 2.24) is 9.78 Å². The van der Waals surface area contributed by atoms with Crippen LogP contribution in [0.1, 0.15) is 22.5 Å². The Balaban J connectivity index is 2.26. The second-order valence-corrected chi connectivity index (χ2v) is 6.58. The van der Waals surface area contributed by atoms with E-state index in [9.17, 15) is 8.42 Å². The summed E-state index contributed by atoms with van der Waals surface area (Å²) >= 11 is 0. The van der Waals surface area contributed by atoms with Crippen LogP contribution in [0.15, 0.2) is 23.1 Å². The van der Waals surface area contributed by atoms with E-state index in [1.165, 1.54) is 6.07 Å². The zero-order valence-electron chi connectivity index (χ0n) is 12.5. The first-order valence-electron chi connectivity index (χ1n) is 6.45. The number of aryl methyl sites for hydroxylation is 2. The van der Waals surface area contributed by atoms with Crippen molar-refractivity contribution in [3.63, 3.8) is 0 Å². The van der Waals surface area contributed by atoms with Gasteiger partial charge in [-0.3, -0.25) is 4.68 Å². The SMILES string of the molecule is Cc1cc(COc2ccc(S(N)(=O)=O)c(C)c2C)n(C)n1. The van der Waals surface area contributed by atoms with Crippen LogP contribution in [0.5, 0.6) is 5.75 Å². The van der Waals surface area contributed by atoms with Gasteiger partial charge >= 0.3 is 0 Å². The van der Waals surface area contributed by atoms with Gasteiger partial charge in [0.15, 0.2) is 0 Å². The fraction of sp³-hybridized carbons (Fsp3) is 0.357. The number of nitrogens with zero attached hydrogens (tertiary/aromatic N) is 2. The van der Waals surface area contributed by atoms with Gasteiger partial charge < -0.3 is 4.74 Å². The molecule has 0 bridgehead atoms. The largest absolute Gasteiger partial charge is 0.487 e. The number of sulfonamides is 1. The van der Waals surface area contributed by atoms with E-state index in [1.807, 2.05) is 27.0 Å². The second kappa shape index (κ2) is 5.50. The van der Waals surface area contributed by atoms with Crippen LogP contribution in [-0.2, 0) is 23.7 Å². The van der Waals surface area contributed by atoms with Crippen molar-refractivity contribution in [3.05, 3.63) is 40.7 Å². The highest BCUT2D eigenvalue weighted by Gasteiger charge is 2.15. The van der Waals surface area contributed by atoms with Gasteiger partial charge in [0, 0.05) is 7.05 Å². The fourth-order valence-electron chi connectivity index (χ4n) is 2.19. The topological polar surface area (TPSA) is 87.2 Å². The predicted octanol–water partition coefficient (Wildman–Crippen LogP) is 1.57. The minimum atomic E-state index is -3.71. The zero-order chi connectivity index (χ0) is 15.8. The van der Waals surface area contributed by atoms with Crippen molar-refractivity contribution in [2.45, 2.75) is 32.3 Å². The maximum atomic E-state index is 11.5. The summed E-state index contributed by atoms with van der Waals surface area (Å²) in [6, 6.07) is 5.05. The molecule has 0 saturated carbocycles. The molecule has 0 aliphatic carbocycles. The summed E-state index contributed by atoms with van der Waals surface area (Å²) in [6.07, 6.45) is 0. The molecule has 6 nitrogen and oxygen atoms in total. The Bertz CT molecular complexity index is 779. The maximum absolute atomic E-state index is 11.5. The molecule has 0 unspecified atom stereocenters. The number of hydrogen-bond acceptors (Lipinski definition) is 4. The molecule has 0 amide bonds. The number of nitrogens with two attached hydrogens (primary N) is 1. The molecule has 0 saturated heterocycles. The van der Waals surface area contributed by atoms with E-state index in [0.717, 1.165) is 17.0 Å². The lowest BCUT2D eigenvalue weighted by Crippen LogP contribution is -2.14. The Kier molecular flexibility index (Phi) is 4.06. The van der Waals surface area contributed by atoms with Crippen molar-refractivity contribution >= 4 is 10.0 Å². The van der Waals surface area contributed by atoms with Crippen molar-refractivity contribution in [1.29, 1.82) is 0 Å². The van der Waals surface area contributed by atoms with Gasteiger partial charge in [-0.15, -0.1) is 0 Å². The molecule has 0 atom stereocenters. The molecule has 2 rings (SSSR count). The van der Waals surface area contributed by atoms with Crippen molar-refractivity contribution in [2.24, 2.45) is 12.2 Å². The molecule has 1 heterocycles. The molecule has 0 spiro atoms. The summed E-state index contributed by atoms with van der Waals surface area (Å²) in [5.41, 5.74) is 3.24. The molecule has 1 aromatic carbocycles. The van der Waals surface area contributed by atoms with Crippen LogP contribution >= 0.6 is 0 Å². The molecule has 0 fully saturated rings. The summed E-state index contributed by atoms with van der Waals surface area (Å²) in [5, 5.41) is 9.43. The normalized spacial score (nSPS) is 11.7. The van der Waals surface area contributed by atoms with Crippen LogP contribution in [0.25, 0.3) is 0 Å². The molecule has 0 radical (unpaired) electrons. The third kappa shape index (κ3) is 3.25. The molecule has 0 aliphatic heterocycles. The van der Waals surface area contributed by atoms with Gasteiger partial charge in [-0.2, -0.15) is 5.10 Å². The highest BCUT2D eigenvalue weighted by Crippen LogP contribution is 2.27. The monoisotopic (exact) mass is 309 g/mol. The molecule has 1 aromatic heterocycles. The Morgan fingerprint density at radius 1 is 1.24 bits per heavy atom. The Hall–Kier alpha value is -1.86. The van der Waals surface area contributed by atoms with E-state index in [2.05, 4.69) is 5.10 Å². The van der Waals surface area contributed by atoms with Crippen LogP contribution in [0.2, 0.25) is 0 Å². The molecule has 21 heavy (non-hydrogen) atoms.